The van der Waals surface area contributed by atoms with Crippen molar-refractivity contribution in [3.63, 3.8) is 0 Å². The third-order valence-electron chi connectivity index (χ3n) is 1.73. The Morgan fingerprint density at radius 2 is 1.71 bits per heavy atom. The highest BCUT2D eigenvalue weighted by Gasteiger charge is 2.38. The summed E-state index contributed by atoms with van der Waals surface area (Å²) in [6, 6.07) is -0.350. The van der Waals surface area contributed by atoms with E-state index in [1.165, 1.54) is 0 Å². The lowest BCUT2D eigenvalue weighted by molar-refractivity contribution is -0.192. The van der Waals surface area contributed by atoms with E-state index >= 15 is 0 Å². The highest BCUT2D eigenvalue weighted by atomic mass is 19.4. The van der Waals surface area contributed by atoms with Gasteiger partial charge in [-0.3, -0.25) is 0 Å². The van der Waals surface area contributed by atoms with E-state index in [0.717, 1.165) is 0 Å². The molecule has 0 bridgehead atoms. The van der Waals surface area contributed by atoms with Gasteiger partial charge < -0.3 is 26.0 Å². The van der Waals surface area contributed by atoms with E-state index in [2.05, 4.69) is 10.6 Å². The lowest BCUT2D eigenvalue weighted by Gasteiger charge is -2.11. The van der Waals surface area contributed by atoms with Crippen molar-refractivity contribution in [2.24, 2.45) is 0 Å². The number of alkyl halides is 3. The summed E-state index contributed by atoms with van der Waals surface area (Å²) >= 11 is 0. The summed E-state index contributed by atoms with van der Waals surface area (Å²) in [6.07, 6.45) is -6.76. The summed E-state index contributed by atoms with van der Waals surface area (Å²) in [7, 11) is 0. The quantitative estimate of drug-likeness (QED) is 0.422. The molecule has 1 aliphatic rings. The fraction of sp³-hybridized carbons (Fsp3) is 0.714. The number of halogens is 3. The number of rotatable bonds is 1. The van der Waals surface area contributed by atoms with Gasteiger partial charge in [-0.15, -0.1) is 0 Å². The highest BCUT2D eigenvalue weighted by molar-refractivity contribution is 5.73. The Hall–Kier alpha value is -1.55. The first-order valence-corrected chi connectivity index (χ1v) is 4.33. The van der Waals surface area contributed by atoms with Gasteiger partial charge >= 0.3 is 18.2 Å². The van der Waals surface area contributed by atoms with E-state index in [9.17, 15) is 18.0 Å². The van der Waals surface area contributed by atoms with Gasteiger partial charge in [-0.05, 0) is 0 Å². The third kappa shape index (κ3) is 6.58. The van der Waals surface area contributed by atoms with Crippen molar-refractivity contribution >= 4 is 12.1 Å². The summed E-state index contributed by atoms with van der Waals surface area (Å²) in [5.74, 6) is -2.76. The third-order valence-corrected chi connectivity index (χ3v) is 1.73. The minimum Gasteiger partial charge on any atom is -0.475 e. The first kappa shape index (κ1) is 15.4. The van der Waals surface area contributed by atoms with E-state index in [1.807, 2.05) is 0 Å². The molecule has 1 rings (SSSR count). The van der Waals surface area contributed by atoms with Crippen LogP contribution in [-0.2, 0) is 4.79 Å². The van der Waals surface area contributed by atoms with Gasteiger partial charge in [-0.2, -0.15) is 13.2 Å². The molecule has 10 heteroatoms. The molecule has 7 nitrogen and oxygen atoms in total. The molecule has 1 saturated heterocycles. The predicted molar refractivity (Wildman–Crippen MR) is 47.5 cm³/mol. The Morgan fingerprint density at radius 3 is 1.94 bits per heavy atom. The number of nitrogens with one attached hydrogen (secondary N) is 2. The molecule has 1 amide bonds. The smallest absolute Gasteiger partial charge is 0.475 e. The Morgan fingerprint density at radius 1 is 1.24 bits per heavy atom. The van der Waals surface area contributed by atoms with Crippen molar-refractivity contribution < 1.29 is 38.1 Å². The molecule has 0 spiro atoms. The fourth-order valence-corrected chi connectivity index (χ4v) is 0.971. The standard InChI is InChI=1S/C5H10N2O3.C2HF3O2/c8-4-2-6-1-3(4)7-5(9)10;3-2(4,5)1(6)7/h3-4,6-8H,1-2H2,(H,9,10);(H,6,7). The van der Waals surface area contributed by atoms with Crippen LogP contribution in [0.1, 0.15) is 0 Å². The van der Waals surface area contributed by atoms with Crippen molar-refractivity contribution in [1.29, 1.82) is 0 Å². The van der Waals surface area contributed by atoms with Crippen LogP contribution in [0, 0.1) is 0 Å². The maximum Gasteiger partial charge on any atom is 0.490 e. The molecule has 0 aromatic carbocycles. The van der Waals surface area contributed by atoms with E-state index < -0.39 is 24.3 Å². The number of carboxylic acid groups (broad SMARTS) is 2. The number of β-amino-alcohol motifs (C(OH)–C–C–N with tert-alkyl or cyclic N) is 1. The van der Waals surface area contributed by atoms with Crippen molar-refractivity contribution in [2.75, 3.05) is 13.1 Å². The van der Waals surface area contributed by atoms with Gasteiger partial charge in [0.25, 0.3) is 0 Å². The van der Waals surface area contributed by atoms with Gasteiger partial charge in [0.05, 0.1) is 12.1 Å². The number of carboxylic acids is 1. The van der Waals surface area contributed by atoms with Crippen LogP contribution < -0.4 is 10.6 Å². The Balaban J connectivity index is 0.000000325. The van der Waals surface area contributed by atoms with Gasteiger partial charge in [0.2, 0.25) is 0 Å². The zero-order chi connectivity index (χ0) is 13.6. The molecular formula is C7H11F3N2O5. The molecule has 1 heterocycles. The molecule has 0 aromatic heterocycles. The van der Waals surface area contributed by atoms with Gasteiger partial charge in [0, 0.05) is 13.1 Å². The van der Waals surface area contributed by atoms with E-state index in [-0.39, 0.29) is 6.04 Å². The van der Waals surface area contributed by atoms with Crippen LogP contribution in [0.3, 0.4) is 0 Å². The van der Waals surface area contributed by atoms with Gasteiger partial charge in [0.15, 0.2) is 0 Å². The molecule has 1 fully saturated rings. The van der Waals surface area contributed by atoms with Crippen LogP contribution in [0.2, 0.25) is 0 Å². The van der Waals surface area contributed by atoms with Crippen LogP contribution in [-0.4, -0.2) is 58.8 Å². The zero-order valence-electron chi connectivity index (χ0n) is 8.36. The Kier molecular flexibility index (Phi) is 5.68. The predicted octanol–water partition coefficient (Wildman–Crippen LogP) is -0.780. The van der Waals surface area contributed by atoms with E-state index in [0.29, 0.717) is 13.1 Å². The molecule has 0 saturated carbocycles. The van der Waals surface area contributed by atoms with Crippen LogP contribution in [0.25, 0.3) is 0 Å². The van der Waals surface area contributed by atoms with Gasteiger partial charge in [-0.1, -0.05) is 0 Å². The summed E-state index contributed by atoms with van der Waals surface area (Å²) in [6.45, 7) is 0.971. The minimum absolute atomic E-state index is 0.350. The molecule has 0 radical (unpaired) electrons. The SMILES string of the molecule is O=C(O)C(F)(F)F.O=C(O)NC1CNCC1O. The topological polar surface area (TPSA) is 119 Å². The molecule has 2 atom stereocenters. The molecule has 100 valence electrons. The molecule has 0 aliphatic carbocycles. The molecule has 17 heavy (non-hydrogen) atoms. The fourth-order valence-electron chi connectivity index (χ4n) is 0.971. The number of amides is 1. The lowest BCUT2D eigenvalue weighted by atomic mass is 10.2. The summed E-state index contributed by atoms with van der Waals surface area (Å²) in [5.41, 5.74) is 0. The molecule has 5 N–H and O–H groups in total. The number of hydrogen-bond acceptors (Lipinski definition) is 4. The van der Waals surface area contributed by atoms with Crippen molar-refractivity contribution in [3.05, 3.63) is 0 Å². The highest BCUT2D eigenvalue weighted by Crippen LogP contribution is 2.13. The van der Waals surface area contributed by atoms with Crippen molar-refractivity contribution in [1.82, 2.24) is 10.6 Å². The number of aliphatic hydroxyl groups excluding tert-OH is 1. The van der Waals surface area contributed by atoms with Crippen molar-refractivity contribution in [3.8, 4) is 0 Å². The van der Waals surface area contributed by atoms with Crippen LogP contribution in [0.4, 0.5) is 18.0 Å². The van der Waals surface area contributed by atoms with Crippen LogP contribution in [0.15, 0.2) is 0 Å². The second kappa shape index (κ2) is 6.25. The van der Waals surface area contributed by atoms with Crippen LogP contribution in [0.5, 0.6) is 0 Å². The second-order valence-electron chi connectivity index (χ2n) is 3.08. The first-order valence-electron chi connectivity index (χ1n) is 4.33. The normalized spacial score (nSPS) is 23.5. The Bertz CT molecular complexity index is 283. The average molecular weight is 260 g/mol. The van der Waals surface area contributed by atoms with Crippen LogP contribution >= 0.6 is 0 Å². The summed E-state index contributed by atoms with van der Waals surface area (Å²) in [5, 5.41) is 29.5. The van der Waals surface area contributed by atoms with Gasteiger partial charge in [0.1, 0.15) is 0 Å². The average Bonchev–Trinajstić information content (AvgIpc) is 2.50. The maximum absolute atomic E-state index is 10.6. The van der Waals surface area contributed by atoms with Gasteiger partial charge in [-0.25, -0.2) is 9.59 Å². The zero-order valence-corrected chi connectivity index (χ0v) is 8.36. The first-order chi connectivity index (χ1) is 7.64. The summed E-state index contributed by atoms with van der Waals surface area (Å²) in [4.78, 5) is 18.9. The maximum atomic E-state index is 10.6. The number of carbonyl (C=O) groups is 2. The largest absolute Gasteiger partial charge is 0.490 e. The summed E-state index contributed by atoms with van der Waals surface area (Å²) < 4.78 is 31.7. The molecular weight excluding hydrogens is 249 g/mol. The molecule has 2 unspecified atom stereocenters. The number of aliphatic carboxylic acids is 1. The Labute approximate surface area is 93.2 Å². The number of aliphatic hydroxyl groups is 1. The monoisotopic (exact) mass is 260 g/mol. The number of hydrogen-bond donors (Lipinski definition) is 5. The second-order valence-corrected chi connectivity index (χ2v) is 3.08. The lowest BCUT2D eigenvalue weighted by Crippen LogP contribution is -2.41. The molecule has 1 aliphatic heterocycles. The van der Waals surface area contributed by atoms with E-state index in [1.54, 1.807) is 0 Å². The minimum atomic E-state index is -5.08. The molecule has 0 aromatic rings. The van der Waals surface area contributed by atoms with Crippen molar-refractivity contribution in [2.45, 2.75) is 18.3 Å². The van der Waals surface area contributed by atoms with E-state index in [4.69, 9.17) is 20.1 Å².